The van der Waals surface area contributed by atoms with Gasteiger partial charge in [-0.3, -0.25) is 29.8 Å². The van der Waals surface area contributed by atoms with Crippen LogP contribution in [0.2, 0.25) is 0 Å². The van der Waals surface area contributed by atoms with Crippen LogP contribution in [0, 0.1) is 0 Å². The zero-order chi connectivity index (χ0) is 24.1. The van der Waals surface area contributed by atoms with Gasteiger partial charge in [0.2, 0.25) is 0 Å². The molecule has 0 saturated carbocycles. The van der Waals surface area contributed by atoms with E-state index >= 15 is 0 Å². The van der Waals surface area contributed by atoms with Gasteiger partial charge in [0.15, 0.2) is 0 Å². The van der Waals surface area contributed by atoms with Gasteiger partial charge in [0.25, 0.3) is 23.6 Å². The minimum Gasteiger partial charge on any atom is -0.338 e. The number of piperidine rings is 2. The van der Waals surface area contributed by atoms with Crippen LogP contribution >= 0.6 is 0 Å². The lowest BCUT2D eigenvalue weighted by molar-refractivity contribution is -0.126. The van der Waals surface area contributed by atoms with Crippen LogP contribution in [0.15, 0.2) is 24.3 Å². The van der Waals surface area contributed by atoms with Gasteiger partial charge < -0.3 is 20.4 Å². The molecule has 178 valence electrons. The number of likely N-dealkylation sites (tertiary alicyclic amines) is 2. The summed E-state index contributed by atoms with van der Waals surface area (Å²) >= 11 is 0. The topological polar surface area (TPSA) is 157 Å². The standard InChI is InChI=1S/C22H24N6O6/c29-15(27-9-5-21(6-10-27)17(31)23-19(33)25-21)13-1-2-14(4-3-13)16(30)28-11-7-22(8-12-28)18(32)24-20(34)26-22/h1-4H,5-12H2,(H2,23,25,31,33)(H2,24,26,32,34). The van der Waals surface area contributed by atoms with Crippen molar-refractivity contribution in [3.05, 3.63) is 35.4 Å². The van der Waals surface area contributed by atoms with E-state index in [1.807, 2.05) is 0 Å². The number of hydrogen-bond acceptors (Lipinski definition) is 6. The van der Waals surface area contributed by atoms with Gasteiger partial charge in [0.05, 0.1) is 0 Å². The van der Waals surface area contributed by atoms with Crippen molar-refractivity contribution in [3.8, 4) is 0 Å². The third-order valence-corrected chi connectivity index (χ3v) is 7.22. The minimum atomic E-state index is -0.945. The highest BCUT2D eigenvalue weighted by molar-refractivity contribution is 6.08. The Labute approximate surface area is 194 Å². The molecule has 8 amide bonds. The van der Waals surface area contributed by atoms with Crippen molar-refractivity contribution in [3.63, 3.8) is 0 Å². The van der Waals surface area contributed by atoms with Crippen LogP contribution in [-0.2, 0) is 9.59 Å². The fraction of sp³-hybridized carbons (Fsp3) is 0.455. The summed E-state index contributed by atoms with van der Waals surface area (Å²) in [5, 5.41) is 9.83. The third-order valence-electron chi connectivity index (χ3n) is 7.22. The first-order valence-corrected chi connectivity index (χ1v) is 11.2. The van der Waals surface area contributed by atoms with Crippen molar-refractivity contribution in [1.29, 1.82) is 0 Å². The summed E-state index contributed by atoms with van der Waals surface area (Å²) in [7, 11) is 0. The molecule has 4 heterocycles. The van der Waals surface area contributed by atoms with E-state index < -0.39 is 23.1 Å². The molecule has 4 aliphatic heterocycles. The Bertz CT molecular complexity index is 1010. The Hall–Kier alpha value is -3.96. The maximum absolute atomic E-state index is 12.9. The van der Waals surface area contributed by atoms with Gasteiger partial charge in [-0.15, -0.1) is 0 Å². The van der Waals surface area contributed by atoms with Crippen molar-refractivity contribution >= 4 is 35.7 Å². The number of carbonyl (C=O) groups is 6. The number of nitrogens with zero attached hydrogens (tertiary/aromatic N) is 2. The van der Waals surface area contributed by atoms with Crippen molar-refractivity contribution in [2.24, 2.45) is 0 Å². The number of carbonyl (C=O) groups excluding carboxylic acids is 6. The summed E-state index contributed by atoms with van der Waals surface area (Å²) in [6.07, 6.45) is 1.34. The second-order valence-electron chi connectivity index (χ2n) is 9.14. The van der Waals surface area contributed by atoms with E-state index in [0.29, 0.717) is 63.0 Å². The summed E-state index contributed by atoms with van der Waals surface area (Å²) in [4.78, 5) is 76.1. The largest absolute Gasteiger partial charge is 0.338 e. The van der Waals surface area contributed by atoms with Crippen LogP contribution in [0.25, 0.3) is 0 Å². The molecule has 4 N–H and O–H groups in total. The van der Waals surface area contributed by atoms with E-state index in [2.05, 4.69) is 21.3 Å². The Kier molecular flexibility index (Phi) is 5.03. The maximum atomic E-state index is 12.9. The number of hydrogen-bond donors (Lipinski definition) is 4. The van der Waals surface area contributed by atoms with Crippen molar-refractivity contribution in [2.45, 2.75) is 36.8 Å². The molecule has 34 heavy (non-hydrogen) atoms. The van der Waals surface area contributed by atoms with E-state index in [4.69, 9.17) is 0 Å². The molecule has 1 aromatic rings. The minimum absolute atomic E-state index is 0.207. The second-order valence-corrected chi connectivity index (χ2v) is 9.14. The number of nitrogens with one attached hydrogen (secondary N) is 4. The summed E-state index contributed by atoms with van der Waals surface area (Å²) in [6.45, 7) is 1.30. The second kappa shape index (κ2) is 7.82. The quantitative estimate of drug-likeness (QED) is 0.421. The monoisotopic (exact) mass is 468 g/mol. The SMILES string of the molecule is O=C1NC(=O)C2(CCN(C(=O)c3ccc(C(=O)N4CCC5(CC4)NC(=O)NC5=O)cc3)CC2)N1. The van der Waals surface area contributed by atoms with Gasteiger partial charge in [-0.05, 0) is 49.9 Å². The van der Waals surface area contributed by atoms with Crippen LogP contribution in [0.4, 0.5) is 9.59 Å². The molecule has 5 rings (SSSR count). The average molecular weight is 468 g/mol. The summed E-state index contributed by atoms with van der Waals surface area (Å²) < 4.78 is 0. The predicted molar refractivity (Wildman–Crippen MR) is 116 cm³/mol. The van der Waals surface area contributed by atoms with Crippen LogP contribution in [0.1, 0.15) is 46.4 Å². The Balaban J connectivity index is 1.18. The van der Waals surface area contributed by atoms with Gasteiger partial charge in [-0.1, -0.05) is 0 Å². The first-order chi connectivity index (χ1) is 16.2. The van der Waals surface area contributed by atoms with Crippen molar-refractivity contribution < 1.29 is 28.8 Å². The zero-order valence-corrected chi connectivity index (χ0v) is 18.3. The number of imide groups is 2. The molecule has 0 bridgehead atoms. The molecule has 4 aliphatic rings. The number of benzene rings is 1. The van der Waals surface area contributed by atoms with E-state index in [1.54, 1.807) is 34.1 Å². The number of rotatable bonds is 2. The third kappa shape index (κ3) is 3.55. The molecule has 0 unspecified atom stereocenters. The smallest absolute Gasteiger partial charge is 0.322 e. The van der Waals surface area contributed by atoms with Gasteiger partial charge in [0.1, 0.15) is 11.1 Å². The molecule has 0 aromatic heterocycles. The Morgan fingerprint density at radius 2 is 0.941 bits per heavy atom. The first kappa shape index (κ1) is 21.9. The molecule has 0 atom stereocenters. The molecule has 12 nitrogen and oxygen atoms in total. The predicted octanol–water partition coefficient (Wildman–Crippen LogP) is -0.685. The first-order valence-electron chi connectivity index (χ1n) is 11.2. The van der Waals surface area contributed by atoms with Gasteiger partial charge >= 0.3 is 12.1 Å². The normalized spacial score (nSPS) is 22.9. The van der Waals surface area contributed by atoms with Crippen LogP contribution in [-0.4, -0.2) is 82.7 Å². The molecule has 0 aliphatic carbocycles. The fourth-order valence-corrected chi connectivity index (χ4v) is 5.06. The van der Waals surface area contributed by atoms with E-state index in [0.717, 1.165) is 0 Å². The van der Waals surface area contributed by atoms with Gasteiger partial charge in [0, 0.05) is 37.3 Å². The molecular weight excluding hydrogens is 444 g/mol. The molecule has 4 saturated heterocycles. The molecular formula is C22H24N6O6. The number of urea groups is 2. The fourth-order valence-electron chi connectivity index (χ4n) is 5.06. The van der Waals surface area contributed by atoms with E-state index in [9.17, 15) is 28.8 Å². The van der Waals surface area contributed by atoms with Crippen LogP contribution in [0.3, 0.4) is 0 Å². The van der Waals surface area contributed by atoms with Gasteiger partial charge in [-0.25, -0.2) is 9.59 Å². The Morgan fingerprint density at radius 3 is 1.21 bits per heavy atom. The van der Waals surface area contributed by atoms with Crippen LogP contribution < -0.4 is 21.3 Å². The average Bonchev–Trinajstić information content (AvgIpc) is 3.26. The molecule has 0 radical (unpaired) electrons. The molecule has 2 spiro atoms. The lowest BCUT2D eigenvalue weighted by atomic mass is 9.87. The molecule has 1 aromatic carbocycles. The van der Waals surface area contributed by atoms with Gasteiger partial charge in [-0.2, -0.15) is 0 Å². The Morgan fingerprint density at radius 1 is 0.618 bits per heavy atom. The molecule has 4 fully saturated rings. The summed E-state index contributed by atoms with van der Waals surface area (Å²) in [6, 6.07) is 5.37. The number of amides is 8. The highest BCUT2D eigenvalue weighted by atomic mass is 16.2. The summed E-state index contributed by atoms with van der Waals surface area (Å²) in [5.41, 5.74) is -1.04. The van der Waals surface area contributed by atoms with Crippen molar-refractivity contribution in [2.75, 3.05) is 26.2 Å². The van der Waals surface area contributed by atoms with Crippen molar-refractivity contribution in [1.82, 2.24) is 31.1 Å². The highest BCUT2D eigenvalue weighted by Crippen LogP contribution is 2.28. The van der Waals surface area contributed by atoms with E-state index in [1.165, 1.54) is 0 Å². The lowest BCUT2D eigenvalue weighted by Gasteiger charge is -2.37. The van der Waals surface area contributed by atoms with E-state index in [-0.39, 0.29) is 23.6 Å². The van der Waals surface area contributed by atoms with Crippen LogP contribution in [0.5, 0.6) is 0 Å². The highest BCUT2D eigenvalue weighted by Gasteiger charge is 2.49. The zero-order valence-electron chi connectivity index (χ0n) is 18.3. The lowest BCUT2D eigenvalue weighted by Crippen LogP contribution is -2.55. The molecule has 12 heteroatoms. The summed E-state index contributed by atoms with van der Waals surface area (Å²) in [5.74, 6) is -1.12. The maximum Gasteiger partial charge on any atom is 0.322 e.